The normalized spacial score (nSPS) is 10.9. The van der Waals surface area contributed by atoms with Crippen molar-refractivity contribution in [1.82, 2.24) is 0 Å². The molecular formula is C20H20ClNO4. The zero-order chi connectivity index (χ0) is 19.3. The van der Waals surface area contributed by atoms with Crippen molar-refractivity contribution in [2.75, 3.05) is 11.9 Å². The average molecular weight is 374 g/mol. The van der Waals surface area contributed by atoms with E-state index in [-0.39, 0.29) is 18.3 Å². The lowest BCUT2D eigenvalue weighted by Crippen LogP contribution is -2.27. The third-order valence-electron chi connectivity index (χ3n) is 3.56. The molecule has 0 aliphatic heterocycles. The summed E-state index contributed by atoms with van der Waals surface area (Å²) in [5.41, 5.74) is 0.800. The summed E-state index contributed by atoms with van der Waals surface area (Å²) in [6.45, 7) is 5.08. The van der Waals surface area contributed by atoms with Crippen LogP contribution in [0.15, 0.2) is 48.5 Å². The largest absolute Gasteiger partial charge is 0.454 e. The van der Waals surface area contributed by atoms with Gasteiger partial charge < -0.3 is 10.1 Å². The summed E-state index contributed by atoms with van der Waals surface area (Å²) >= 11 is 5.76. The maximum absolute atomic E-state index is 12.1. The zero-order valence-corrected chi connectivity index (χ0v) is 15.6. The van der Waals surface area contributed by atoms with Crippen LogP contribution >= 0.6 is 11.6 Å². The van der Waals surface area contributed by atoms with Crippen LogP contribution in [-0.4, -0.2) is 24.3 Å². The highest BCUT2D eigenvalue weighted by Crippen LogP contribution is 2.18. The summed E-state index contributed by atoms with van der Waals surface area (Å²) in [6.07, 6.45) is 0. The fraction of sp³-hybridized carbons (Fsp3) is 0.250. The number of Topliss-reactive ketones (excluding diaryl/α,β-unsaturated/α-hetero) is 1. The number of nitrogens with one attached hydrogen (secondary N) is 1. The van der Waals surface area contributed by atoms with Crippen LogP contribution in [0.25, 0.3) is 0 Å². The van der Waals surface area contributed by atoms with Crippen molar-refractivity contribution in [3.63, 3.8) is 0 Å². The number of rotatable bonds is 5. The number of amides is 1. The molecule has 0 radical (unpaired) electrons. The van der Waals surface area contributed by atoms with Gasteiger partial charge in [-0.1, -0.05) is 32.4 Å². The predicted octanol–water partition coefficient (Wildman–Crippen LogP) is 4.36. The van der Waals surface area contributed by atoms with Gasteiger partial charge in [0.2, 0.25) is 5.91 Å². The quantitative estimate of drug-likeness (QED) is 0.624. The molecule has 2 aromatic carbocycles. The molecule has 5 nitrogen and oxygen atoms in total. The number of hydrogen-bond acceptors (Lipinski definition) is 4. The highest BCUT2D eigenvalue weighted by molar-refractivity contribution is 6.30. The number of carbonyl (C=O) groups excluding carboxylic acids is 3. The highest BCUT2D eigenvalue weighted by atomic mass is 35.5. The molecule has 0 atom stereocenters. The van der Waals surface area contributed by atoms with E-state index in [1.165, 1.54) is 12.1 Å². The van der Waals surface area contributed by atoms with Crippen molar-refractivity contribution in [3.05, 3.63) is 64.7 Å². The molecule has 136 valence electrons. The molecule has 2 aromatic rings. The van der Waals surface area contributed by atoms with Crippen molar-refractivity contribution in [2.45, 2.75) is 20.8 Å². The Morgan fingerprint density at radius 2 is 1.46 bits per heavy atom. The van der Waals surface area contributed by atoms with Gasteiger partial charge in [0, 0.05) is 21.7 Å². The Hall–Kier alpha value is -2.66. The zero-order valence-electron chi connectivity index (χ0n) is 14.8. The lowest BCUT2D eigenvalue weighted by Gasteiger charge is -2.17. The molecule has 26 heavy (non-hydrogen) atoms. The minimum absolute atomic E-state index is 0.117. The monoisotopic (exact) mass is 373 g/mol. The Balaban J connectivity index is 1.92. The molecule has 0 saturated heterocycles. The standard InChI is InChI=1S/C20H20ClNO4/c1-20(2,3)19(25)22-16-10-6-13(7-11-16)17(23)12-26-18(24)14-4-8-15(21)9-5-14/h4-11H,12H2,1-3H3,(H,22,25). The molecule has 0 aliphatic rings. The van der Waals surface area contributed by atoms with Gasteiger partial charge in [-0.15, -0.1) is 0 Å². The van der Waals surface area contributed by atoms with Gasteiger partial charge in [0.1, 0.15) is 0 Å². The second-order valence-electron chi connectivity index (χ2n) is 6.79. The van der Waals surface area contributed by atoms with Gasteiger partial charge in [-0.2, -0.15) is 0 Å². The van der Waals surface area contributed by atoms with Crippen LogP contribution < -0.4 is 5.32 Å². The Bertz CT molecular complexity index is 805. The molecule has 0 aromatic heterocycles. The van der Waals surface area contributed by atoms with Crippen LogP contribution in [-0.2, 0) is 9.53 Å². The van der Waals surface area contributed by atoms with E-state index in [4.69, 9.17) is 16.3 Å². The molecule has 0 aliphatic carbocycles. The highest BCUT2D eigenvalue weighted by Gasteiger charge is 2.21. The molecule has 0 bridgehead atoms. The fourth-order valence-electron chi connectivity index (χ4n) is 1.94. The van der Waals surface area contributed by atoms with Crippen molar-refractivity contribution >= 4 is 34.9 Å². The summed E-state index contributed by atoms with van der Waals surface area (Å²) < 4.78 is 5.02. The van der Waals surface area contributed by atoms with Crippen LogP contribution in [0.3, 0.4) is 0 Å². The maximum atomic E-state index is 12.1. The van der Waals surface area contributed by atoms with E-state index in [2.05, 4.69) is 5.32 Å². The van der Waals surface area contributed by atoms with Crippen molar-refractivity contribution in [2.24, 2.45) is 5.41 Å². The van der Waals surface area contributed by atoms with Gasteiger partial charge >= 0.3 is 5.97 Å². The summed E-state index contributed by atoms with van der Waals surface area (Å²) in [6, 6.07) is 12.6. The van der Waals surface area contributed by atoms with Gasteiger partial charge in [0.05, 0.1) is 5.56 Å². The molecule has 0 fully saturated rings. The molecule has 0 unspecified atom stereocenters. The van der Waals surface area contributed by atoms with E-state index >= 15 is 0 Å². The van der Waals surface area contributed by atoms with Crippen LogP contribution in [0.1, 0.15) is 41.5 Å². The topological polar surface area (TPSA) is 72.5 Å². The Kier molecular flexibility index (Phi) is 6.16. The average Bonchev–Trinajstić information content (AvgIpc) is 2.59. The Morgan fingerprint density at radius 1 is 0.923 bits per heavy atom. The number of anilines is 1. The lowest BCUT2D eigenvalue weighted by molar-refractivity contribution is -0.123. The third-order valence-corrected chi connectivity index (χ3v) is 3.81. The SMILES string of the molecule is CC(C)(C)C(=O)Nc1ccc(C(=O)COC(=O)c2ccc(Cl)cc2)cc1. The van der Waals surface area contributed by atoms with Crippen LogP contribution in [0.4, 0.5) is 5.69 Å². The number of carbonyl (C=O) groups is 3. The molecular weight excluding hydrogens is 354 g/mol. The molecule has 1 N–H and O–H groups in total. The van der Waals surface area contributed by atoms with Gasteiger partial charge in [-0.25, -0.2) is 4.79 Å². The number of hydrogen-bond donors (Lipinski definition) is 1. The second kappa shape index (κ2) is 8.15. The molecule has 0 spiro atoms. The third kappa shape index (κ3) is 5.43. The van der Waals surface area contributed by atoms with E-state index in [1.54, 1.807) is 36.4 Å². The molecule has 2 rings (SSSR count). The molecule has 0 saturated carbocycles. The number of benzene rings is 2. The first-order valence-corrected chi connectivity index (χ1v) is 8.42. The lowest BCUT2D eigenvalue weighted by atomic mass is 9.95. The Morgan fingerprint density at radius 3 is 2.00 bits per heavy atom. The van der Waals surface area contributed by atoms with Crippen molar-refractivity contribution in [1.29, 1.82) is 0 Å². The van der Waals surface area contributed by atoms with Gasteiger partial charge in [-0.3, -0.25) is 9.59 Å². The van der Waals surface area contributed by atoms with E-state index in [9.17, 15) is 14.4 Å². The van der Waals surface area contributed by atoms with E-state index in [1.807, 2.05) is 20.8 Å². The van der Waals surface area contributed by atoms with Gasteiger partial charge in [0.25, 0.3) is 0 Å². The first-order valence-electron chi connectivity index (χ1n) is 8.04. The summed E-state index contributed by atoms with van der Waals surface area (Å²) in [5, 5.41) is 3.29. The minimum Gasteiger partial charge on any atom is -0.454 e. The van der Waals surface area contributed by atoms with Gasteiger partial charge in [0.15, 0.2) is 12.4 Å². The number of esters is 1. The van der Waals surface area contributed by atoms with Crippen LogP contribution in [0.2, 0.25) is 5.02 Å². The van der Waals surface area contributed by atoms with Crippen LogP contribution in [0.5, 0.6) is 0 Å². The summed E-state index contributed by atoms with van der Waals surface area (Å²) in [7, 11) is 0. The minimum atomic E-state index is -0.593. The number of halogens is 1. The van der Waals surface area contributed by atoms with E-state index < -0.39 is 11.4 Å². The van der Waals surface area contributed by atoms with Crippen molar-refractivity contribution in [3.8, 4) is 0 Å². The maximum Gasteiger partial charge on any atom is 0.338 e. The Labute approximate surface area is 157 Å². The van der Waals surface area contributed by atoms with E-state index in [0.29, 0.717) is 21.8 Å². The number of ether oxygens (including phenoxy) is 1. The summed E-state index contributed by atoms with van der Waals surface area (Å²) in [5.74, 6) is -1.04. The summed E-state index contributed by atoms with van der Waals surface area (Å²) in [4.78, 5) is 36.0. The molecule has 1 amide bonds. The smallest absolute Gasteiger partial charge is 0.338 e. The first kappa shape index (κ1) is 19.7. The van der Waals surface area contributed by atoms with Gasteiger partial charge in [-0.05, 0) is 48.5 Å². The molecule has 6 heteroatoms. The predicted molar refractivity (Wildman–Crippen MR) is 101 cm³/mol. The van der Waals surface area contributed by atoms with Crippen molar-refractivity contribution < 1.29 is 19.1 Å². The number of ketones is 1. The first-order chi connectivity index (χ1) is 12.2. The fourth-order valence-corrected chi connectivity index (χ4v) is 2.07. The van der Waals surface area contributed by atoms with Crippen LogP contribution in [0, 0.1) is 5.41 Å². The second-order valence-corrected chi connectivity index (χ2v) is 7.22. The molecule has 0 heterocycles. The van der Waals surface area contributed by atoms with E-state index in [0.717, 1.165) is 0 Å².